The van der Waals surface area contributed by atoms with Crippen LogP contribution in [0.15, 0.2) is 24.4 Å². The molecule has 0 N–H and O–H groups in total. The normalized spacial score (nSPS) is 11.1. The zero-order valence-corrected chi connectivity index (χ0v) is 8.78. The minimum absolute atomic E-state index is 0.495. The van der Waals surface area contributed by atoms with Crippen molar-refractivity contribution in [2.24, 2.45) is 0 Å². The molecule has 0 atom stereocenters. The topological polar surface area (TPSA) is 25.8 Å². The van der Waals surface area contributed by atoms with Crippen molar-refractivity contribution in [3.8, 4) is 0 Å². The SMILES string of the molecule is Cc1cnc2cccc(C(C)C)c2n1. The molecule has 0 bridgehead atoms. The van der Waals surface area contributed by atoms with Crippen LogP contribution in [0, 0.1) is 6.92 Å². The molecule has 1 heterocycles. The lowest BCUT2D eigenvalue weighted by molar-refractivity contribution is 0.871. The third-order valence-corrected chi connectivity index (χ3v) is 2.35. The van der Waals surface area contributed by atoms with Crippen LogP contribution < -0.4 is 0 Å². The number of hydrogen-bond acceptors (Lipinski definition) is 2. The summed E-state index contributed by atoms with van der Waals surface area (Å²) >= 11 is 0. The van der Waals surface area contributed by atoms with Crippen LogP contribution >= 0.6 is 0 Å². The van der Waals surface area contributed by atoms with E-state index in [4.69, 9.17) is 0 Å². The largest absolute Gasteiger partial charge is 0.253 e. The van der Waals surface area contributed by atoms with E-state index >= 15 is 0 Å². The lowest BCUT2D eigenvalue weighted by Crippen LogP contribution is -1.94. The van der Waals surface area contributed by atoms with Crippen molar-refractivity contribution >= 4 is 11.0 Å². The fourth-order valence-corrected chi connectivity index (χ4v) is 1.61. The third kappa shape index (κ3) is 1.48. The van der Waals surface area contributed by atoms with Gasteiger partial charge < -0.3 is 0 Å². The summed E-state index contributed by atoms with van der Waals surface area (Å²) in [7, 11) is 0. The van der Waals surface area contributed by atoms with Crippen molar-refractivity contribution in [1.82, 2.24) is 9.97 Å². The molecule has 0 aliphatic carbocycles. The molecule has 0 radical (unpaired) electrons. The second-order valence-corrected chi connectivity index (χ2v) is 3.88. The summed E-state index contributed by atoms with van der Waals surface area (Å²) in [5, 5.41) is 0. The van der Waals surface area contributed by atoms with Crippen LogP contribution in [0.2, 0.25) is 0 Å². The second-order valence-electron chi connectivity index (χ2n) is 3.88. The predicted molar refractivity (Wildman–Crippen MR) is 58.4 cm³/mol. The van der Waals surface area contributed by atoms with E-state index in [0.29, 0.717) is 5.92 Å². The Bertz CT molecular complexity index is 461. The Balaban J connectivity index is 2.77. The summed E-state index contributed by atoms with van der Waals surface area (Å²) in [5.41, 5.74) is 4.29. The van der Waals surface area contributed by atoms with Crippen molar-refractivity contribution < 1.29 is 0 Å². The molecule has 2 nitrogen and oxygen atoms in total. The number of para-hydroxylation sites is 1. The quantitative estimate of drug-likeness (QED) is 0.684. The number of fused-ring (bicyclic) bond motifs is 1. The molecule has 0 saturated carbocycles. The van der Waals surface area contributed by atoms with Gasteiger partial charge in [0.15, 0.2) is 0 Å². The van der Waals surface area contributed by atoms with Crippen molar-refractivity contribution in [2.45, 2.75) is 26.7 Å². The van der Waals surface area contributed by atoms with Gasteiger partial charge in [-0.25, -0.2) is 4.98 Å². The van der Waals surface area contributed by atoms with Gasteiger partial charge in [0.25, 0.3) is 0 Å². The molecule has 0 aliphatic heterocycles. The highest BCUT2D eigenvalue weighted by atomic mass is 14.8. The summed E-state index contributed by atoms with van der Waals surface area (Å²) in [6.45, 7) is 6.33. The number of aryl methyl sites for hydroxylation is 1. The molecule has 0 aliphatic rings. The van der Waals surface area contributed by atoms with E-state index in [2.05, 4.69) is 29.9 Å². The number of benzene rings is 1. The number of hydrogen-bond donors (Lipinski definition) is 0. The molecule has 0 saturated heterocycles. The maximum atomic E-state index is 4.53. The van der Waals surface area contributed by atoms with E-state index in [1.165, 1.54) is 5.56 Å². The van der Waals surface area contributed by atoms with Gasteiger partial charge in [0.1, 0.15) is 0 Å². The number of nitrogens with zero attached hydrogens (tertiary/aromatic N) is 2. The number of rotatable bonds is 1. The van der Waals surface area contributed by atoms with E-state index < -0.39 is 0 Å². The fourth-order valence-electron chi connectivity index (χ4n) is 1.61. The van der Waals surface area contributed by atoms with Crippen molar-refractivity contribution in [3.05, 3.63) is 35.7 Å². The van der Waals surface area contributed by atoms with E-state index in [1.807, 2.05) is 25.3 Å². The first-order chi connectivity index (χ1) is 6.68. The summed E-state index contributed by atoms with van der Waals surface area (Å²) in [6.07, 6.45) is 1.81. The minimum atomic E-state index is 0.495. The number of aromatic nitrogens is 2. The van der Waals surface area contributed by atoms with Crippen LogP contribution in [0.4, 0.5) is 0 Å². The maximum Gasteiger partial charge on any atom is 0.0924 e. The van der Waals surface area contributed by atoms with Crippen LogP contribution in [0.1, 0.15) is 31.0 Å². The molecule has 2 aromatic rings. The molecule has 1 aromatic heterocycles. The highest BCUT2D eigenvalue weighted by Gasteiger charge is 2.06. The van der Waals surface area contributed by atoms with Gasteiger partial charge in [-0.2, -0.15) is 0 Å². The van der Waals surface area contributed by atoms with Gasteiger partial charge in [0, 0.05) is 6.20 Å². The van der Waals surface area contributed by atoms with Gasteiger partial charge in [-0.05, 0) is 24.5 Å². The molecule has 0 fully saturated rings. The monoisotopic (exact) mass is 186 g/mol. The lowest BCUT2D eigenvalue weighted by Gasteiger charge is -2.08. The maximum absolute atomic E-state index is 4.53. The smallest absolute Gasteiger partial charge is 0.0924 e. The van der Waals surface area contributed by atoms with Crippen molar-refractivity contribution in [3.63, 3.8) is 0 Å². The first-order valence-electron chi connectivity index (χ1n) is 4.91. The average Bonchev–Trinajstić information content (AvgIpc) is 2.16. The van der Waals surface area contributed by atoms with E-state index in [-0.39, 0.29) is 0 Å². The Hall–Kier alpha value is -1.44. The first-order valence-corrected chi connectivity index (χ1v) is 4.91. The minimum Gasteiger partial charge on any atom is -0.253 e. The van der Waals surface area contributed by atoms with Crippen molar-refractivity contribution in [1.29, 1.82) is 0 Å². The molecule has 1 aromatic carbocycles. The Morgan fingerprint density at radius 1 is 1.21 bits per heavy atom. The Morgan fingerprint density at radius 3 is 2.71 bits per heavy atom. The van der Waals surface area contributed by atoms with Gasteiger partial charge in [-0.15, -0.1) is 0 Å². The van der Waals surface area contributed by atoms with Gasteiger partial charge in [0.2, 0.25) is 0 Å². The molecule has 14 heavy (non-hydrogen) atoms. The van der Waals surface area contributed by atoms with E-state index in [1.54, 1.807) is 0 Å². The van der Waals surface area contributed by atoms with Crippen LogP contribution in [0.3, 0.4) is 0 Å². The Labute approximate surface area is 84.0 Å². The molecule has 2 heteroatoms. The summed E-state index contributed by atoms with van der Waals surface area (Å²) in [5.74, 6) is 0.495. The molecular formula is C12H14N2. The molecular weight excluding hydrogens is 172 g/mol. The third-order valence-electron chi connectivity index (χ3n) is 2.35. The Kier molecular flexibility index (Phi) is 2.20. The van der Waals surface area contributed by atoms with Crippen LogP contribution in [0.25, 0.3) is 11.0 Å². The predicted octanol–water partition coefficient (Wildman–Crippen LogP) is 3.06. The summed E-state index contributed by atoms with van der Waals surface area (Å²) in [4.78, 5) is 8.90. The second kappa shape index (κ2) is 3.37. The molecule has 2 rings (SSSR count). The Morgan fingerprint density at radius 2 is 2.00 bits per heavy atom. The van der Waals surface area contributed by atoms with E-state index in [9.17, 15) is 0 Å². The highest BCUT2D eigenvalue weighted by Crippen LogP contribution is 2.22. The van der Waals surface area contributed by atoms with E-state index in [0.717, 1.165) is 16.7 Å². The van der Waals surface area contributed by atoms with Gasteiger partial charge in [-0.1, -0.05) is 26.0 Å². The van der Waals surface area contributed by atoms with Crippen LogP contribution in [-0.4, -0.2) is 9.97 Å². The lowest BCUT2D eigenvalue weighted by atomic mass is 10.0. The zero-order valence-electron chi connectivity index (χ0n) is 8.78. The molecule has 0 unspecified atom stereocenters. The van der Waals surface area contributed by atoms with Gasteiger partial charge in [0.05, 0.1) is 16.7 Å². The highest BCUT2D eigenvalue weighted by molar-refractivity contribution is 5.78. The first kappa shape index (κ1) is 9.13. The molecule has 72 valence electrons. The summed E-state index contributed by atoms with van der Waals surface area (Å²) < 4.78 is 0. The standard InChI is InChI=1S/C12H14N2/c1-8(2)10-5-4-6-11-12(10)14-9(3)7-13-11/h4-8H,1-3H3. The van der Waals surface area contributed by atoms with Gasteiger partial charge in [-0.3, -0.25) is 4.98 Å². The fraction of sp³-hybridized carbons (Fsp3) is 0.333. The van der Waals surface area contributed by atoms with Crippen LogP contribution in [0.5, 0.6) is 0 Å². The molecule has 0 amide bonds. The van der Waals surface area contributed by atoms with Crippen LogP contribution in [-0.2, 0) is 0 Å². The molecule has 0 spiro atoms. The van der Waals surface area contributed by atoms with Crippen molar-refractivity contribution in [2.75, 3.05) is 0 Å². The average molecular weight is 186 g/mol. The summed E-state index contributed by atoms with van der Waals surface area (Å²) in [6, 6.07) is 6.18. The van der Waals surface area contributed by atoms with Gasteiger partial charge >= 0.3 is 0 Å². The zero-order chi connectivity index (χ0) is 10.1.